The van der Waals surface area contributed by atoms with Gasteiger partial charge in [0.2, 0.25) is 6.29 Å². The van der Waals surface area contributed by atoms with Gasteiger partial charge in [0.15, 0.2) is 11.5 Å². The summed E-state index contributed by atoms with van der Waals surface area (Å²) in [5, 5.41) is 47.8. The lowest BCUT2D eigenvalue weighted by Crippen LogP contribution is -2.58. The Bertz CT molecular complexity index is 559. The van der Waals surface area contributed by atoms with E-state index in [0.717, 1.165) is 5.56 Å². The quantitative estimate of drug-likeness (QED) is 0.428. The molecule has 1 heterocycles. The van der Waals surface area contributed by atoms with Crippen molar-refractivity contribution in [1.82, 2.24) is 0 Å². The maximum absolute atomic E-state index is 9.82. The van der Waals surface area contributed by atoms with Crippen molar-refractivity contribution in [3.05, 3.63) is 36.1 Å². The molecular formula is C16H22O8. The molecule has 24 heavy (non-hydrogen) atoms. The molecule has 0 spiro atoms. The van der Waals surface area contributed by atoms with Gasteiger partial charge in [-0.3, -0.25) is 0 Å². The summed E-state index contributed by atoms with van der Waals surface area (Å²) >= 11 is 0. The Hall–Kier alpha value is -1.84. The highest BCUT2D eigenvalue weighted by Gasteiger charge is 2.44. The van der Waals surface area contributed by atoms with Gasteiger partial charge in [-0.1, -0.05) is 6.07 Å². The predicted molar refractivity (Wildman–Crippen MR) is 82.4 cm³/mol. The molecule has 5 atom stereocenters. The lowest BCUT2D eigenvalue weighted by atomic mass is 9.99. The fourth-order valence-corrected chi connectivity index (χ4v) is 2.35. The zero-order valence-corrected chi connectivity index (χ0v) is 13.1. The Balaban J connectivity index is 1.91. The average molecular weight is 342 g/mol. The molecule has 0 unspecified atom stereocenters. The van der Waals surface area contributed by atoms with E-state index in [1.807, 2.05) is 0 Å². The second kappa shape index (κ2) is 8.32. The van der Waals surface area contributed by atoms with Gasteiger partial charge in [-0.15, -0.1) is 0 Å². The number of phenolic OH excluding ortho intramolecular Hbond substituents is 1. The molecule has 0 amide bonds. The monoisotopic (exact) mass is 342 g/mol. The zero-order valence-electron chi connectivity index (χ0n) is 13.1. The third kappa shape index (κ3) is 4.16. The van der Waals surface area contributed by atoms with Gasteiger partial charge in [-0.2, -0.15) is 0 Å². The first-order valence-electron chi connectivity index (χ1n) is 7.44. The molecule has 0 radical (unpaired) electrons. The summed E-state index contributed by atoms with van der Waals surface area (Å²) in [5.74, 6) is 0.401. The Labute approximate surface area is 139 Å². The Morgan fingerprint density at radius 3 is 2.58 bits per heavy atom. The van der Waals surface area contributed by atoms with Crippen LogP contribution in [0.4, 0.5) is 0 Å². The number of phenols is 1. The highest BCUT2D eigenvalue weighted by Crippen LogP contribution is 2.26. The first-order chi connectivity index (χ1) is 11.5. The molecule has 5 N–H and O–H groups in total. The van der Waals surface area contributed by atoms with E-state index >= 15 is 0 Å². The molecule has 1 aromatic rings. The number of aromatic hydroxyl groups is 1. The molecule has 8 nitrogen and oxygen atoms in total. The molecular weight excluding hydrogens is 320 g/mol. The summed E-state index contributed by atoms with van der Waals surface area (Å²) in [7, 11) is 1.46. The number of aliphatic hydroxyl groups excluding tert-OH is 4. The normalized spacial score (nSPS) is 30.5. The summed E-state index contributed by atoms with van der Waals surface area (Å²) in [6.45, 7) is -0.512. The number of methoxy groups -OCH3 is 1. The Morgan fingerprint density at radius 1 is 1.17 bits per heavy atom. The standard InChI is InChI=1S/C16H22O8/c1-22-11-7-9(4-5-10(11)18)3-2-6-23-16-15(21)14(20)13(19)12(8-17)24-16/h2,4-7,12-21H,3,8H2,1H3/b6-2+/t12-,13-,14+,15-,16-/m1/s1. The second-order valence-corrected chi connectivity index (χ2v) is 5.42. The zero-order chi connectivity index (χ0) is 17.7. The van der Waals surface area contributed by atoms with Crippen LogP contribution in [0.15, 0.2) is 30.5 Å². The maximum Gasteiger partial charge on any atom is 0.228 e. The number of ether oxygens (including phenoxy) is 3. The lowest BCUT2D eigenvalue weighted by molar-refractivity contribution is -0.287. The van der Waals surface area contributed by atoms with Crippen LogP contribution in [-0.4, -0.2) is 70.0 Å². The van der Waals surface area contributed by atoms with E-state index in [9.17, 15) is 20.4 Å². The van der Waals surface area contributed by atoms with E-state index in [1.165, 1.54) is 19.4 Å². The van der Waals surface area contributed by atoms with Crippen molar-refractivity contribution in [2.75, 3.05) is 13.7 Å². The number of rotatable bonds is 6. The van der Waals surface area contributed by atoms with Crippen molar-refractivity contribution in [2.45, 2.75) is 37.1 Å². The molecule has 1 aromatic carbocycles. The fraction of sp³-hybridized carbons (Fsp3) is 0.500. The van der Waals surface area contributed by atoms with E-state index in [-0.39, 0.29) is 5.75 Å². The molecule has 8 heteroatoms. The van der Waals surface area contributed by atoms with Crippen LogP contribution in [-0.2, 0) is 15.9 Å². The highest BCUT2D eigenvalue weighted by atomic mass is 16.7. The van der Waals surface area contributed by atoms with Gasteiger partial charge in [0.05, 0.1) is 20.0 Å². The molecule has 0 aliphatic carbocycles. The van der Waals surface area contributed by atoms with E-state index in [1.54, 1.807) is 18.2 Å². The summed E-state index contributed by atoms with van der Waals surface area (Å²) in [5.41, 5.74) is 0.860. The Morgan fingerprint density at radius 2 is 1.92 bits per heavy atom. The number of hydrogen-bond donors (Lipinski definition) is 5. The molecule has 1 aliphatic rings. The van der Waals surface area contributed by atoms with Gasteiger partial charge in [0, 0.05) is 0 Å². The SMILES string of the molecule is COc1cc(C/C=C/O[C@@H]2O[C@H](CO)[C@@H](O)[C@H](O)[C@H]2O)ccc1O. The third-order valence-electron chi connectivity index (χ3n) is 3.76. The van der Waals surface area contributed by atoms with Gasteiger partial charge >= 0.3 is 0 Å². The summed E-state index contributed by atoms with van der Waals surface area (Å²) in [6, 6.07) is 4.91. The molecule has 1 saturated heterocycles. The fourth-order valence-electron chi connectivity index (χ4n) is 2.35. The minimum Gasteiger partial charge on any atom is -0.504 e. The molecule has 2 rings (SSSR count). The van der Waals surface area contributed by atoms with Crippen LogP contribution < -0.4 is 4.74 Å². The van der Waals surface area contributed by atoms with Crippen LogP contribution in [0.25, 0.3) is 0 Å². The number of hydrogen-bond acceptors (Lipinski definition) is 8. The van der Waals surface area contributed by atoms with Crippen LogP contribution in [0.3, 0.4) is 0 Å². The average Bonchev–Trinajstić information content (AvgIpc) is 2.59. The van der Waals surface area contributed by atoms with Gasteiger partial charge in [-0.25, -0.2) is 0 Å². The molecule has 0 saturated carbocycles. The topological polar surface area (TPSA) is 129 Å². The molecule has 0 aromatic heterocycles. The van der Waals surface area contributed by atoms with E-state index < -0.39 is 37.3 Å². The summed E-state index contributed by atoms with van der Waals surface area (Å²) < 4.78 is 15.4. The van der Waals surface area contributed by atoms with Crippen LogP contribution in [0.5, 0.6) is 11.5 Å². The maximum atomic E-state index is 9.82. The molecule has 1 aliphatic heterocycles. The van der Waals surface area contributed by atoms with Gasteiger partial charge in [0.1, 0.15) is 24.4 Å². The van der Waals surface area contributed by atoms with Crippen molar-refractivity contribution in [3.63, 3.8) is 0 Å². The molecule has 134 valence electrons. The minimum absolute atomic E-state index is 0.0443. The van der Waals surface area contributed by atoms with Crippen LogP contribution in [0.2, 0.25) is 0 Å². The van der Waals surface area contributed by atoms with Crippen molar-refractivity contribution in [3.8, 4) is 11.5 Å². The van der Waals surface area contributed by atoms with Crippen LogP contribution in [0, 0.1) is 0 Å². The number of benzene rings is 1. The predicted octanol–water partition coefficient (Wildman–Crippen LogP) is -0.727. The van der Waals surface area contributed by atoms with Crippen molar-refractivity contribution < 1.29 is 39.7 Å². The first-order valence-corrected chi connectivity index (χ1v) is 7.44. The highest BCUT2D eigenvalue weighted by molar-refractivity contribution is 5.42. The minimum atomic E-state index is -1.48. The summed E-state index contributed by atoms with van der Waals surface area (Å²) in [4.78, 5) is 0. The molecule has 0 bridgehead atoms. The van der Waals surface area contributed by atoms with E-state index in [2.05, 4.69) is 0 Å². The third-order valence-corrected chi connectivity index (χ3v) is 3.76. The molecule has 1 fully saturated rings. The first kappa shape index (κ1) is 18.5. The van der Waals surface area contributed by atoms with Crippen molar-refractivity contribution >= 4 is 0 Å². The summed E-state index contributed by atoms with van der Waals surface area (Å²) in [6.07, 6.45) is -3.14. The van der Waals surface area contributed by atoms with Gasteiger partial charge < -0.3 is 39.7 Å². The number of allylic oxidation sites excluding steroid dienone is 1. The van der Waals surface area contributed by atoms with E-state index in [0.29, 0.717) is 12.2 Å². The second-order valence-electron chi connectivity index (χ2n) is 5.42. The Kier molecular flexibility index (Phi) is 6.41. The van der Waals surface area contributed by atoms with Crippen LogP contribution >= 0.6 is 0 Å². The largest absolute Gasteiger partial charge is 0.504 e. The smallest absolute Gasteiger partial charge is 0.228 e. The number of aliphatic hydroxyl groups is 4. The van der Waals surface area contributed by atoms with Gasteiger partial charge in [-0.05, 0) is 30.2 Å². The van der Waals surface area contributed by atoms with Crippen LogP contribution in [0.1, 0.15) is 5.56 Å². The van der Waals surface area contributed by atoms with E-state index in [4.69, 9.17) is 19.3 Å². The van der Waals surface area contributed by atoms with Crippen molar-refractivity contribution in [1.29, 1.82) is 0 Å². The lowest BCUT2D eigenvalue weighted by Gasteiger charge is -2.39. The van der Waals surface area contributed by atoms with Crippen molar-refractivity contribution in [2.24, 2.45) is 0 Å². The van der Waals surface area contributed by atoms with Gasteiger partial charge in [0.25, 0.3) is 0 Å².